The van der Waals surface area contributed by atoms with Crippen LogP contribution >= 0.6 is 0 Å². The Kier molecular flexibility index (Phi) is 6.05. The fraction of sp³-hybridized carbons (Fsp3) is 0.529. The first kappa shape index (κ1) is 19.2. The van der Waals surface area contributed by atoms with E-state index in [1.807, 2.05) is 13.8 Å². The fourth-order valence-corrected chi connectivity index (χ4v) is 3.65. The molecule has 1 fully saturated rings. The summed E-state index contributed by atoms with van der Waals surface area (Å²) in [5.74, 6) is -0.806. The number of nitrogens with one attached hydrogen (secondary N) is 1. The fourth-order valence-electron chi connectivity index (χ4n) is 3.09. The predicted molar refractivity (Wildman–Crippen MR) is 94.8 cm³/mol. The van der Waals surface area contributed by atoms with Crippen molar-refractivity contribution < 1.29 is 22.7 Å². The average Bonchev–Trinajstić information content (AvgIpc) is 2.51. The number of ether oxygens (including phenoxy) is 1. The van der Waals surface area contributed by atoms with Crippen LogP contribution in [0.3, 0.4) is 0 Å². The van der Waals surface area contributed by atoms with Crippen LogP contribution in [0.4, 0.5) is 5.69 Å². The zero-order valence-electron chi connectivity index (χ0n) is 14.7. The molecule has 1 aromatic carbocycles. The minimum Gasteiger partial charge on any atom is -0.452 e. The van der Waals surface area contributed by atoms with E-state index in [4.69, 9.17) is 4.74 Å². The molecule has 0 bridgehead atoms. The molecule has 2 atom stereocenters. The van der Waals surface area contributed by atoms with E-state index in [0.29, 0.717) is 5.69 Å². The number of hydrogen-bond acceptors (Lipinski definition) is 5. The van der Waals surface area contributed by atoms with Crippen LogP contribution in [0.2, 0.25) is 0 Å². The molecule has 0 aliphatic carbocycles. The minimum absolute atomic E-state index is 0.149. The van der Waals surface area contributed by atoms with E-state index >= 15 is 0 Å². The van der Waals surface area contributed by atoms with E-state index in [9.17, 15) is 18.0 Å². The zero-order chi connectivity index (χ0) is 18.6. The van der Waals surface area contributed by atoms with Gasteiger partial charge in [-0.3, -0.25) is 9.52 Å². The van der Waals surface area contributed by atoms with E-state index in [-0.39, 0.29) is 30.2 Å². The Morgan fingerprint density at radius 2 is 1.72 bits per heavy atom. The highest BCUT2D eigenvalue weighted by Gasteiger charge is 2.29. The van der Waals surface area contributed by atoms with Crippen molar-refractivity contribution in [2.75, 3.05) is 17.6 Å². The van der Waals surface area contributed by atoms with Gasteiger partial charge in [0.1, 0.15) is 0 Å². The number of carbonyl (C=O) groups is 2. The molecule has 1 heterocycles. The Morgan fingerprint density at radius 3 is 2.24 bits per heavy atom. The number of hydrogen-bond donors (Lipinski definition) is 1. The third-order valence-electron chi connectivity index (χ3n) is 4.23. The molecule has 7 nitrogen and oxygen atoms in total. The summed E-state index contributed by atoms with van der Waals surface area (Å²) in [6, 6.07) is 6.13. The lowest BCUT2D eigenvalue weighted by atomic mass is 9.97. The molecule has 2 rings (SSSR count). The number of sulfonamides is 1. The lowest BCUT2D eigenvalue weighted by Gasteiger charge is -2.38. The molecule has 8 heteroatoms. The van der Waals surface area contributed by atoms with Crippen molar-refractivity contribution in [3.05, 3.63) is 29.8 Å². The van der Waals surface area contributed by atoms with E-state index in [2.05, 4.69) is 4.72 Å². The van der Waals surface area contributed by atoms with Crippen LogP contribution in [0.1, 0.15) is 43.5 Å². The maximum Gasteiger partial charge on any atom is 0.338 e. The average molecular weight is 368 g/mol. The second kappa shape index (κ2) is 7.86. The maximum absolute atomic E-state index is 12.3. The van der Waals surface area contributed by atoms with Gasteiger partial charge in [0.25, 0.3) is 5.91 Å². The number of amides is 1. The van der Waals surface area contributed by atoms with E-state index in [0.717, 1.165) is 25.5 Å². The lowest BCUT2D eigenvalue weighted by Crippen LogP contribution is -2.49. The number of esters is 1. The summed E-state index contributed by atoms with van der Waals surface area (Å²) in [6.07, 6.45) is 4.06. The SMILES string of the molecule is CC1CCCC(C)N1C(=O)COC(=O)c1ccc(NS(C)(=O)=O)cc1. The summed E-state index contributed by atoms with van der Waals surface area (Å²) in [5, 5.41) is 0. The molecule has 1 aromatic rings. The first-order chi connectivity index (χ1) is 11.7. The molecule has 0 saturated carbocycles. The van der Waals surface area contributed by atoms with Crippen molar-refractivity contribution in [2.24, 2.45) is 0 Å². The van der Waals surface area contributed by atoms with E-state index in [1.165, 1.54) is 24.3 Å². The number of likely N-dealkylation sites (tertiary alicyclic amines) is 1. The molecule has 2 unspecified atom stereocenters. The molecule has 0 aromatic heterocycles. The molecule has 1 aliphatic heterocycles. The van der Waals surface area contributed by atoms with Crippen molar-refractivity contribution in [1.29, 1.82) is 0 Å². The molecule has 1 saturated heterocycles. The number of nitrogens with zero attached hydrogens (tertiary/aromatic N) is 1. The molecule has 138 valence electrons. The first-order valence-electron chi connectivity index (χ1n) is 8.23. The van der Waals surface area contributed by atoms with Gasteiger partial charge in [-0.1, -0.05) is 0 Å². The highest BCUT2D eigenvalue weighted by Crippen LogP contribution is 2.22. The topological polar surface area (TPSA) is 92.8 Å². The van der Waals surface area contributed by atoms with Crippen LogP contribution in [0.5, 0.6) is 0 Å². The lowest BCUT2D eigenvalue weighted by molar-refractivity contribution is -0.140. The van der Waals surface area contributed by atoms with Gasteiger partial charge in [-0.25, -0.2) is 13.2 Å². The van der Waals surface area contributed by atoms with E-state index in [1.54, 1.807) is 4.90 Å². The molecule has 0 radical (unpaired) electrons. The second-order valence-corrected chi connectivity index (χ2v) is 8.21. The first-order valence-corrected chi connectivity index (χ1v) is 10.1. The minimum atomic E-state index is -3.37. The molecule has 25 heavy (non-hydrogen) atoms. The van der Waals surface area contributed by atoms with Gasteiger partial charge in [0.2, 0.25) is 10.0 Å². The van der Waals surface area contributed by atoms with Gasteiger partial charge in [-0.05, 0) is 57.4 Å². The van der Waals surface area contributed by atoms with Gasteiger partial charge < -0.3 is 9.64 Å². The highest BCUT2D eigenvalue weighted by atomic mass is 32.2. The van der Waals surface area contributed by atoms with Crippen LogP contribution in [-0.2, 0) is 19.6 Å². The molecular weight excluding hydrogens is 344 g/mol. The Hall–Kier alpha value is -2.09. The number of benzene rings is 1. The number of anilines is 1. The standard InChI is InChI=1S/C17H24N2O5S/c1-12-5-4-6-13(2)19(12)16(20)11-24-17(21)14-7-9-15(10-8-14)18-25(3,22)23/h7-10,12-13,18H,4-6,11H2,1-3H3. The third kappa shape index (κ3) is 5.45. The van der Waals surface area contributed by atoms with Crippen LogP contribution in [0, 0.1) is 0 Å². The summed E-state index contributed by atoms with van der Waals surface area (Å²) < 4.78 is 29.7. The summed E-state index contributed by atoms with van der Waals surface area (Å²) in [5.41, 5.74) is 0.609. The van der Waals surface area contributed by atoms with Crippen LogP contribution in [0.25, 0.3) is 0 Å². The largest absolute Gasteiger partial charge is 0.452 e. The van der Waals surface area contributed by atoms with Crippen LogP contribution < -0.4 is 4.72 Å². The van der Waals surface area contributed by atoms with Gasteiger partial charge in [0, 0.05) is 17.8 Å². The predicted octanol–water partition coefficient (Wildman–Crippen LogP) is 2.00. The normalized spacial score (nSPS) is 20.8. The Morgan fingerprint density at radius 1 is 1.16 bits per heavy atom. The second-order valence-electron chi connectivity index (χ2n) is 6.46. The molecule has 1 N–H and O–H groups in total. The number of rotatable bonds is 5. The van der Waals surface area contributed by atoms with Crippen molar-refractivity contribution in [3.63, 3.8) is 0 Å². The molecule has 1 amide bonds. The quantitative estimate of drug-likeness (QED) is 0.803. The van der Waals surface area contributed by atoms with Gasteiger partial charge >= 0.3 is 5.97 Å². The summed E-state index contributed by atoms with van der Waals surface area (Å²) in [6.45, 7) is 3.71. The molecular formula is C17H24N2O5S. The van der Waals surface area contributed by atoms with Crippen LogP contribution in [0.15, 0.2) is 24.3 Å². The smallest absolute Gasteiger partial charge is 0.338 e. The third-order valence-corrected chi connectivity index (χ3v) is 4.84. The van der Waals surface area contributed by atoms with Crippen molar-refractivity contribution >= 4 is 27.6 Å². The Bertz CT molecular complexity index is 720. The summed E-state index contributed by atoms with van der Waals surface area (Å²) in [4.78, 5) is 26.2. The Balaban J connectivity index is 1.92. The van der Waals surface area contributed by atoms with Crippen molar-refractivity contribution in [1.82, 2.24) is 4.90 Å². The Labute approximate surface area is 148 Å². The maximum atomic E-state index is 12.3. The number of piperidine rings is 1. The van der Waals surface area contributed by atoms with Gasteiger partial charge in [-0.2, -0.15) is 0 Å². The van der Waals surface area contributed by atoms with Gasteiger partial charge in [0.15, 0.2) is 6.61 Å². The van der Waals surface area contributed by atoms with Crippen LogP contribution in [-0.4, -0.2) is 50.1 Å². The summed E-state index contributed by atoms with van der Waals surface area (Å²) >= 11 is 0. The molecule has 0 spiro atoms. The molecule has 1 aliphatic rings. The van der Waals surface area contributed by atoms with Gasteiger partial charge in [0.05, 0.1) is 11.8 Å². The monoisotopic (exact) mass is 368 g/mol. The van der Waals surface area contributed by atoms with Gasteiger partial charge in [-0.15, -0.1) is 0 Å². The van der Waals surface area contributed by atoms with E-state index < -0.39 is 16.0 Å². The highest BCUT2D eigenvalue weighted by molar-refractivity contribution is 7.92. The van der Waals surface area contributed by atoms with Crippen molar-refractivity contribution in [3.8, 4) is 0 Å². The van der Waals surface area contributed by atoms with Crippen molar-refractivity contribution in [2.45, 2.75) is 45.2 Å². The number of carbonyl (C=O) groups excluding carboxylic acids is 2. The summed E-state index contributed by atoms with van der Waals surface area (Å²) in [7, 11) is -3.37. The zero-order valence-corrected chi connectivity index (χ0v) is 15.5.